The molecule has 34 heavy (non-hydrogen) atoms. The highest BCUT2D eigenvalue weighted by Gasteiger charge is 2.41. The van der Waals surface area contributed by atoms with Crippen molar-refractivity contribution in [1.29, 1.82) is 0 Å². The number of aromatic nitrogens is 2. The Morgan fingerprint density at radius 3 is 2.53 bits per heavy atom. The van der Waals surface area contributed by atoms with Gasteiger partial charge in [0, 0.05) is 51.7 Å². The third-order valence-electron chi connectivity index (χ3n) is 6.57. The predicted molar refractivity (Wildman–Crippen MR) is 134 cm³/mol. The smallest absolute Gasteiger partial charge is 0.150 e. The van der Waals surface area contributed by atoms with E-state index >= 15 is 0 Å². The average Bonchev–Trinajstić information content (AvgIpc) is 2.85. The highest BCUT2D eigenvalue weighted by atomic mass is 35.5. The van der Waals surface area contributed by atoms with Crippen molar-refractivity contribution in [3.8, 4) is 11.3 Å². The molecular weight excluding hydrogens is 451 g/mol. The number of rotatable bonds is 4. The van der Waals surface area contributed by atoms with Gasteiger partial charge >= 0.3 is 0 Å². The zero-order chi connectivity index (χ0) is 23.9. The van der Waals surface area contributed by atoms with Crippen LogP contribution in [0.15, 0.2) is 66.7 Å². The lowest BCUT2D eigenvalue weighted by Gasteiger charge is -2.48. The summed E-state index contributed by atoms with van der Waals surface area (Å²) >= 11 is 5.96. The van der Waals surface area contributed by atoms with Gasteiger partial charge in [0.25, 0.3) is 0 Å². The molecule has 1 aliphatic rings. The fourth-order valence-electron chi connectivity index (χ4n) is 4.73. The minimum atomic E-state index is -0.529. The molecule has 0 aliphatic carbocycles. The van der Waals surface area contributed by atoms with Gasteiger partial charge in [-0.05, 0) is 56.3 Å². The van der Waals surface area contributed by atoms with E-state index in [0.717, 1.165) is 35.0 Å². The van der Waals surface area contributed by atoms with Gasteiger partial charge in [0.05, 0.1) is 11.2 Å². The molecule has 0 radical (unpaired) electrons. The van der Waals surface area contributed by atoms with Gasteiger partial charge in [-0.2, -0.15) is 5.10 Å². The maximum Gasteiger partial charge on any atom is 0.150 e. The average molecular weight is 475 g/mol. The fraction of sp³-hybridized carbons (Fsp3) is 0.222. The van der Waals surface area contributed by atoms with E-state index in [1.165, 1.54) is 6.07 Å². The van der Waals surface area contributed by atoms with Crippen molar-refractivity contribution in [2.24, 2.45) is 0 Å². The van der Waals surface area contributed by atoms with Gasteiger partial charge in [0.1, 0.15) is 17.8 Å². The minimum absolute atomic E-state index is 0.264. The SMILES string of the molecule is CC1CN(c2ccc(C=O)cc2)C(C)(c2nnc(-c3ccc(Cl)cc3F)c3ccccc23)CN1. The van der Waals surface area contributed by atoms with Crippen molar-refractivity contribution in [3.63, 3.8) is 0 Å². The molecule has 0 amide bonds. The first-order valence-electron chi connectivity index (χ1n) is 11.2. The van der Waals surface area contributed by atoms with Crippen molar-refractivity contribution in [2.75, 3.05) is 18.0 Å². The first kappa shape index (κ1) is 22.4. The molecule has 1 aromatic heterocycles. The summed E-state index contributed by atoms with van der Waals surface area (Å²) in [6.07, 6.45) is 0.844. The molecule has 2 unspecified atom stereocenters. The molecule has 3 aromatic carbocycles. The Kier molecular flexibility index (Phi) is 5.80. The molecule has 1 aliphatic heterocycles. The Bertz CT molecular complexity index is 1380. The second kappa shape index (κ2) is 8.78. The number of hydrogen-bond acceptors (Lipinski definition) is 5. The molecule has 172 valence electrons. The molecule has 5 nitrogen and oxygen atoms in total. The zero-order valence-electron chi connectivity index (χ0n) is 18.9. The van der Waals surface area contributed by atoms with Crippen LogP contribution < -0.4 is 10.2 Å². The first-order valence-corrected chi connectivity index (χ1v) is 11.6. The summed E-state index contributed by atoms with van der Waals surface area (Å²) in [5.41, 5.74) is 2.75. The standard InChI is InChI=1S/C27H24ClFN4O/c1-17-14-33(20-10-7-18(15-34)8-11-20)27(2,16-30-17)26-22-6-4-3-5-21(22)25(31-32-26)23-12-9-19(28)13-24(23)29/h3-13,15,17,30H,14,16H2,1-2H3. The maximum absolute atomic E-state index is 14.8. The molecule has 2 atom stereocenters. The molecule has 7 heteroatoms. The molecule has 0 spiro atoms. The van der Waals surface area contributed by atoms with Gasteiger partial charge in [-0.15, -0.1) is 5.10 Å². The third kappa shape index (κ3) is 3.83. The molecule has 1 fully saturated rings. The summed E-state index contributed by atoms with van der Waals surface area (Å²) in [6.45, 7) is 5.68. The maximum atomic E-state index is 14.8. The Morgan fingerprint density at radius 1 is 1.09 bits per heavy atom. The van der Waals surface area contributed by atoms with Crippen LogP contribution >= 0.6 is 11.6 Å². The van der Waals surface area contributed by atoms with Gasteiger partial charge in [-0.25, -0.2) is 4.39 Å². The molecule has 2 heterocycles. The van der Waals surface area contributed by atoms with E-state index in [-0.39, 0.29) is 6.04 Å². The number of anilines is 1. The number of piperazine rings is 1. The summed E-state index contributed by atoms with van der Waals surface area (Å²) < 4.78 is 14.8. The Balaban J connectivity index is 1.68. The third-order valence-corrected chi connectivity index (χ3v) is 6.81. The van der Waals surface area contributed by atoms with Crippen LogP contribution in [0.4, 0.5) is 10.1 Å². The lowest BCUT2D eigenvalue weighted by atomic mass is 9.87. The van der Waals surface area contributed by atoms with Crippen molar-refractivity contribution in [2.45, 2.75) is 25.4 Å². The van der Waals surface area contributed by atoms with E-state index < -0.39 is 11.4 Å². The number of halogens is 2. The number of nitrogens with zero attached hydrogens (tertiary/aromatic N) is 3. The van der Waals surface area contributed by atoms with E-state index in [9.17, 15) is 9.18 Å². The Labute approximate surface area is 202 Å². The van der Waals surface area contributed by atoms with E-state index in [4.69, 9.17) is 11.6 Å². The summed E-state index contributed by atoms with van der Waals surface area (Å²) in [5.74, 6) is -0.434. The second-order valence-electron chi connectivity index (χ2n) is 8.94. The van der Waals surface area contributed by atoms with Crippen molar-refractivity contribution in [1.82, 2.24) is 15.5 Å². The number of fused-ring (bicyclic) bond motifs is 1. The lowest BCUT2D eigenvalue weighted by Crippen LogP contribution is -2.61. The van der Waals surface area contributed by atoms with Crippen LogP contribution in [0.5, 0.6) is 0 Å². The predicted octanol–water partition coefficient (Wildman–Crippen LogP) is 5.62. The Morgan fingerprint density at radius 2 is 1.82 bits per heavy atom. The molecule has 1 saturated heterocycles. The lowest BCUT2D eigenvalue weighted by molar-refractivity contribution is 0.112. The van der Waals surface area contributed by atoms with E-state index in [0.29, 0.717) is 28.4 Å². The molecule has 0 saturated carbocycles. The molecule has 0 bridgehead atoms. The number of aldehydes is 1. The molecule has 5 rings (SSSR count). The Hall–Kier alpha value is -3.35. The van der Waals surface area contributed by atoms with Gasteiger partial charge in [0.2, 0.25) is 0 Å². The number of hydrogen-bond donors (Lipinski definition) is 1. The van der Waals surface area contributed by atoms with E-state index in [1.807, 2.05) is 48.5 Å². The number of carbonyl (C=O) groups excluding carboxylic acids is 1. The quantitative estimate of drug-likeness (QED) is 0.389. The van der Waals surface area contributed by atoms with Crippen LogP contribution in [0.2, 0.25) is 5.02 Å². The second-order valence-corrected chi connectivity index (χ2v) is 9.38. The van der Waals surface area contributed by atoms with Crippen LogP contribution in [0, 0.1) is 5.82 Å². The zero-order valence-corrected chi connectivity index (χ0v) is 19.7. The number of nitrogens with one attached hydrogen (secondary N) is 1. The fourth-order valence-corrected chi connectivity index (χ4v) is 4.88. The highest BCUT2D eigenvalue weighted by Crippen LogP contribution is 2.39. The molecule has 1 N–H and O–H groups in total. The highest BCUT2D eigenvalue weighted by molar-refractivity contribution is 6.30. The van der Waals surface area contributed by atoms with Crippen molar-refractivity contribution < 1.29 is 9.18 Å². The van der Waals surface area contributed by atoms with Crippen molar-refractivity contribution >= 4 is 34.3 Å². The topological polar surface area (TPSA) is 58.1 Å². The van der Waals surface area contributed by atoms with Crippen LogP contribution in [-0.2, 0) is 5.54 Å². The van der Waals surface area contributed by atoms with Gasteiger partial charge < -0.3 is 10.2 Å². The number of benzene rings is 3. The normalized spacial score (nSPS) is 20.5. The van der Waals surface area contributed by atoms with Crippen LogP contribution in [0.25, 0.3) is 22.0 Å². The summed E-state index contributed by atoms with van der Waals surface area (Å²) in [6, 6.07) is 20.3. The summed E-state index contributed by atoms with van der Waals surface area (Å²) in [5, 5.41) is 14.9. The summed E-state index contributed by atoms with van der Waals surface area (Å²) in [4.78, 5) is 13.5. The monoisotopic (exact) mass is 474 g/mol. The largest absolute Gasteiger partial charge is 0.358 e. The van der Waals surface area contributed by atoms with Crippen LogP contribution in [-0.4, -0.2) is 35.6 Å². The van der Waals surface area contributed by atoms with Gasteiger partial charge in [-0.1, -0.05) is 35.9 Å². The van der Waals surface area contributed by atoms with E-state index in [1.54, 1.807) is 12.1 Å². The first-order chi connectivity index (χ1) is 16.4. The van der Waals surface area contributed by atoms with Crippen LogP contribution in [0.3, 0.4) is 0 Å². The number of carbonyl (C=O) groups is 1. The minimum Gasteiger partial charge on any atom is -0.358 e. The van der Waals surface area contributed by atoms with Crippen molar-refractivity contribution in [3.05, 3.63) is 88.8 Å². The van der Waals surface area contributed by atoms with E-state index in [2.05, 4.69) is 34.3 Å². The van der Waals surface area contributed by atoms with Gasteiger partial charge in [0.15, 0.2) is 0 Å². The molecule has 4 aromatic rings. The van der Waals surface area contributed by atoms with Gasteiger partial charge in [-0.3, -0.25) is 4.79 Å². The molecular formula is C27H24ClFN4O. The van der Waals surface area contributed by atoms with Crippen LogP contribution in [0.1, 0.15) is 29.9 Å². The summed E-state index contributed by atoms with van der Waals surface area (Å²) in [7, 11) is 0.